The van der Waals surface area contributed by atoms with Gasteiger partial charge in [0.25, 0.3) is 0 Å². The number of nitrogens with zero attached hydrogens (tertiary/aromatic N) is 5. The van der Waals surface area contributed by atoms with Crippen molar-refractivity contribution in [1.82, 2.24) is 15.3 Å². The first-order chi connectivity index (χ1) is 12.2. The Kier molecular flexibility index (Phi) is 4.62. The molecule has 0 unspecified atom stereocenters. The van der Waals surface area contributed by atoms with E-state index in [0.29, 0.717) is 18.1 Å². The highest BCUT2D eigenvalue weighted by molar-refractivity contribution is 6.01. The summed E-state index contributed by atoms with van der Waals surface area (Å²) in [6, 6.07) is 9.28. The lowest BCUT2D eigenvalue weighted by Crippen LogP contribution is -2.16. The van der Waals surface area contributed by atoms with Crippen LogP contribution in [0.25, 0.3) is 0 Å². The number of aliphatic imine (C=N–C) groups is 1. The molecule has 3 aromatic rings. The lowest BCUT2D eigenvalue weighted by molar-refractivity contribution is 0.307. The molecule has 0 aliphatic carbocycles. The van der Waals surface area contributed by atoms with Gasteiger partial charge in [0.05, 0.1) is 11.3 Å². The van der Waals surface area contributed by atoms with Gasteiger partial charge in [-0.05, 0) is 46.2 Å². The van der Waals surface area contributed by atoms with Crippen LogP contribution in [-0.2, 0) is 6.54 Å². The average molecular weight is 337 g/mol. The van der Waals surface area contributed by atoms with Crippen LogP contribution >= 0.6 is 0 Å². The first kappa shape index (κ1) is 16.1. The van der Waals surface area contributed by atoms with Crippen LogP contribution in [0.3, 0.4) is 0 Å². The summed E-state index contributed by atoms with van der Waals surface area (Å²) in [5, 5.41) is 19.4. The van der Waals surface area contributed by atoms with Crippen molar-refractivity contribution < 1.29 is 9.02 Å². The number of nitrogens with two attached hydrogens (primary N) is 1. The molecule has 1 aromatic carbocycles. The molecule has 0 saturated heterocycles. The van der Waals surface area contributed by atoms with Crippen LogP contribution in [0.2, 0.25) is 0 Å². The molecule has 0 fully saturated rings. The number of anilines is 1. The Balaban J connectivity index is 1.80. The van der Waals surface area contributed by atoms with E-state index in [9.17, 15) is 4.39 Å². The number of benzene rings is 1. The molecule has 0 spiro atoms. The Morgan fingerprint density at radius 3 is 2.84 bits per heavy atom. The maximum atomic E-state index is 13.4. The summed E-state index contributed by atoms with van der Waals surface area (Å²) in [6.45, 7) is 0.464. The lowest BCUT2D eigenvalue weighted by atomic mass is 10.2. The maximum absolute atomic E-state index is 13.4. The number of hydrogen-bond acceptors (Lipinski definition) is 7. The Morgan fingerprint density at radius 1 is 1.28 bits per heavy atom. The second-order valence-corrected chi connectivity index (χ2v) is 4.94. The van der Waals surface area contributed by atoms with Crippen molar-refractivity contribution in [1.29, 1.82) is 5.26 Å². The van der Waals surface area contributed by atoms with Gasteiger partial charge in [-0.2, -0.15) is 5.26 Å². The summed E-state index contributed by atoms with van der Waals surface area (Å²) in [7, 11) is 0. The molecule has 124 valence electrons. The van der Waals surface area contributed by atoms with Crippen molar-refractivity contribution in [3.63, 3.8) is 0 Å². The van der Waals surface area contributed by atoms with Crippen molar-refractivity contribution in [2.24, 2.45) is 10.7 Å². The zero-order chi connectivity index (χ0) is 17.6. The number of rotatable bonds is 5. The summed E-state index contributed by atoms with van der Waals surface area (Å²) in [4.78, 5) is 8.07. The molecule has 9 heteroatoms. The van der Waals surface area contributed by atoms with E-state index < -0.39 is 5.82 Å². The Hall–Kier alpha value is -3.80. The number of hydrogen-bond donors (Lipinski definition) is 2. The molecule has 0 aliphatic rings. The minimum absolute atomic E-state index is 0.0222. The van der Waals surface area contributed by atoms with Crippen molar-refractivity contribution in [3.05, 3.63) is 65.4 Å². The SMILES string of the molecule is N#Cc1cc(N=C(N)c2nonc2NCc2ccncc2)ccc1F. The molecule has 2 aromatic heterocycles. The summed E-state index contributed by atoms with van der Waals surface area (Å²) >= 11 is 0. The number of nitriles is 1. The number of nitrogens with one attached hydrogen (secondary N) is 1. The largest absolute Gasteiger partial charge is 0.382 e. The van der Waals surface area contributed by atoms with Crippen LogP contribution in [0, 0.1) is 17.1 Å². The predicted molar refractivity (Wildman–Crippen MR) is 87.4 cm³/mol. The van der Waals surface area contributed by atoms with E-state index in [1.165, 1.54) is 12.1 Å². The van der Waals surface area contributed by atoms with Crippen LogP contribution < -0.4 is 11.1 Å². The quantitative estimate of drug-likeness (QED) is 0.539. The highest BCUT2D eigenvalue weighted by atomic mass is 19.1. The first-order valence-corrected chi connectivity index (χ1v) is 7.17. The van der Waals surface area contributed by atoms with E-state index in [4.69, 9.17) is 15.6 Å². The van der Waals surface area contributed by atoms with E-state index in [0.717, 1.165) is 11.6 Å². The van der Waals surface area contributed by atoms with Gasteiger partial charge in [-0.25, -0.2) is 14.0 Å². The van der Waals surface area contributed by atoms with E-state index in [1.54, 1.807) is 18.5 Å². The Morgan fingerprint density at radius 2 is 2.08 bits per heavy atom. The highest BCUT2D eigenvalue weighted by Crippen LogP contribution is 2.19. The zero-order valence-electron chi connectivity index (χ0n) is 12.8. The molecule has 0 aliphatic heterocycles. The number of halogens is 1. The second-order valence-electron chi connectivity index (χ2n) is 4.94. The molecule has 0 amide bonds. The fourth-order valence-corrected chi connectivity index (χ4v) is 2.02. The molecular weight excluding hydrogens is 325 g/mol. The topological polar surface area (TPSA) is 126 Å². The third-order valence-electron chi connectivity index (χ3n) is 3.26. The van der Waals surface area contributed by atoms with Gasteiger partial charge in [0.2, 0.25) is 5.82 Å². The first-order valence-electron chi connectivity index (χ1n) is 7.17. The molecule has 0 radical (unpaired) electrons. The predicted octanol–water partition coefficient (Wildman–Crippen LogP) is 2.12. The van der Waals surface area contributed by atoms with Crippen LogP contribution in [0.5, 0.6) is 0 Å². The van der Waals surface area contributed by atoms with Gasteiger partial charge in [-0.3, -0.25) is 4.98 Å². The third-order valence-corrected chi connectivity index (χ3v) is 3.26. The molecule has 0 atom stereocenters. The van der Waals surface area contributed by atoms with Gasteiger partial charge >= 0.3 is 0 Å². The Labute approximate surface area is 141 Å². The summed E-state index contributed by atoms with van der Waals surface area (Å²) < 4.78 is 18.1. The summed E-state index contributed by atoms with van der Waals surface area (Å²) in [6.07, 6.45) is 3.35. The molecular formula is C16H12FN7O. The van der Waals surface area contributed by atoms with Crippen molar-refractivity contribution in [2.75, 3.05) is 5.32 Å². The maximum Gasteiger partial charge on any atom is 0.202 e. The molecule has 0 saturated carbocycles. The highest BCUT2D eigenvalue weighted by Gasteiger charge is 2.14. The van der Waals surface area contributed by atoms with Gasteiger partial charge in [0.1, 0.15) is 11.9 Å². The van der Waals surface area contributed by atoms with E-state index in [2.05, 4.69) is 25.6 Å². The minimum atomic E-state index is -0.622. The van der Waals surface area contributed by atoms with Crippen molar-refractivity contribution in [3.8, 4) is 6.07 Å². The Bertz CT molecular complexity index is 947. The standard InChI is InChI=1S/C16H12FN7O/c17-13-2-1-12(7-11(13)8-18)22-15(19)14-16(24-25-23-14)21-9-10-3-5-20-6-4-10/h1-7H,9H2,(H2,19,22)(H,21,24). The third kappa shape index (κ3) is 3.76. The summed E-state index contributed by atoms with van der Waals surface area (Å²) in [5.41, 5.74) is 7.33. The molecule has 8 nitrogen and oxygen atoms in total. The molecule has 2 heterocycles. The van der Waals surface area contributed by atoms with Crippen LogP contribution in [0.4, 0.5) is 15.9 Å². The molecule has 0 bridgehead atoms. The second kappa shape index (κ2) is 7.18. The van der Waals surface area contributed by atoms with Gasteiger partial charge in [-0.1, -0.05) is 0 Å². The van der Waals surface area contributed by atoms with Crippen LogP contribution in [-0.4, -0.2) is 21.1 Å². The lowest BCUT2D eigenvalue weighted by Gasteiger charge is -2.04. The van der Waals surface area contributed by atoms with Gasteiger partial charge in [0.15, 0.2) is 11.5 Å². The number of amidine groups is 1. The fraction of sp³-hybridized carbons (Fsp3) is 0.0625. The number of pyridine rings is 1. The van der Waals surface area contributed by atoms with Crippen LogP contribution in [0.1, 0.15) is 16.8 Å². The van der Waals surface area contributed by atoms with E-state index >= 15 is 0 Å². The van der Waals surface area contributed by atoms with Gasteiger partial charge in [0, 0.05) is 18.9 Å². The minimum Gasteiger partial charge on any atom is -0.382 e. The van der Waals surface area contributed by atoms with Gasteiger partial charge < -0.3 is 11.1 Å². The number of aromatic nitrogens is 3. The monoisotopic (exact) mass is 337 g/mol. The molecule has 3 N–H and O–H groups in total. The smallest absolute Gasteiger partial charge is 0.202 e. The fourth-order valence-electron chi connectivity index (χ4n) is 2.02. The van der Waals surface area contributed by atoms with E-state index in [-0.39, 0.29) is 17.1 Å². The average Bonchev–Trinajstić information content (AvgIpc) is 3.11. The summed E-state index contributed by atoms with van der Waals surface area (Å²) in [5.74, 6) is -0.280. The van der Waals surface area contributed by atoms with Crippen LogP contribution in [0.15, 0.2) is 52.3 Å². The van der Waals surface area contributed by atoms with Crippen molar-refractivity contribution >= 4 is 17.3 Å². The normalized spacial score (nSPS) is 11.1. The van der Waals surface area contributed by atoms with Gasteiger partial charge in [-0.15, -0.1) is 0 Å². The molecule has 25 heavy (non-hydrogen) atoms. The van der Waals surface area contributed by atoms with E-state index in [1.807, 2.05) is 12.1 Å². The zero-order valence-corrected chi connectivity index (χ0v) is 12.8. The molecule has 3 rings (SSSR count). The van der Waals surface area contributed by atoms with Crippen molar-refractivity contribution in [2.45, 2.75) is 6.54 Å².